The fourth-order valence-corrected chi connectivity index (χ4v) is 5.80. The highest BCUT2D eigenvalue weighted by molar-refractivity contribution is 6.38. The van der Waals surface area contributed by atoms with Crippen LogP contribution in [0.3, 0.4) is 0 Å². The Morgan fingerprint density at radius 2 is 1.72 bits per heavy atom. The Labute approximate surface area is 251 Å². The maximum Gasteiger partial charge on any atom is 0.289 e. The molecule has 1 aromatic rings. The molecule has 1 aliphatic heterocycles. The molecule has 2 saturated carbocycles. The summed E-state index contributed by atoms with van der Waals surface area (Å²) in [5.74, 6) is -3.34. The predicted molar refractivity (Wildman–Crippen MR) is 155 cm³/mol. The van der Waals surface area contributed by atoms with Crippen LogP contribution in [0.2, 0.25) is 0 Å². The Bertz CT molecular complexity index is 1170. The molecule has 13 heteroatoms. The van der Waals surface area contributed by atoms with Crippen LogP contribution in [0, 0.1) is 5.92 Å². The van der Waals surface area contributed by atoms with E-state index in [0.29, 0.717) is 32.2 Å². The molecule has 0 spiro atoms. The molecule has 2 aliphatic carbocycles. The van der Waals surface area contributed by atoms with E-state index in [1.54, 1.807) is 0 Å². The van der Waals surface area contributed by atoms with Crippen LogP contribution in [0.4, 0.5) is 0 Å². The van der Waals surface area contributed by atoms with E-state index in [0.717, 1.165) is 51.4 Å². The second-order valence-electron chi connectivity index (χ2n) is 11.7. The molecule has 4 rings (SSSR count). The van der Waals surface area contributed by atoms with Gasteiger partial charge in [-0.3, -0.25) is 33.8 Å². The fraction of sp³-hybridized carbons (Fsp3) is 0.667. The van der Waals surface area contributed by atoms with E-state index in [1.807, 2.05) is 6.92 Å². The van der Waals surface area contributed by atoms with Crippen LogP contribution < -0.4 is 21.3 Å². The van der Waals surface area contributed by atoms with Crippen molar-refractivity contribution in [2.75, 3.05) is 13.1 Å². The highest BCUT2D eigenvalue weighted by atomic mass is 16.2. The third-order valence-corrected chi connectivity index (χ3v) is 8.39. The molecule has 13 nitrogen and oxygen atoms in total. The van der Waals surface area contributed by atoms with E-state index in [9.17, 15) is 28.8 Å². The van der Waals surface area contributed by atoms with Crippen molar-refractivity contribution in [3.8, 4) is 0 Å². The van der Waals surface area contributed by atoms with Gasteiger partial charge in [-0.25, -0.2) is 4.98 Å². The van der Waals surface area contributed by atoms with Gasteiger partial charge in [-0.1, -0.05) is 39.0 Å². The molecule has 3 atom stereocenters. The Hall–Kier alpha value is -3.90. The third kappa shape index (κ3) is 9.04. The number of nitrogens with zero attached hydrogens (tertiary/aromatic N) is 3. The van der Waals surface area contributed by atoms with Gasteiger partial charge in [-0.05, 0) is 50.9 Å². The molecule has 234 valence electrons. The molecule has 2 heterocycles. The van der Waals surface area contributed by atoms with Crippen LogP contribution in [0.1, 0.15) is 94.5 Å². The first-order chi connectivity index (χ1) is 20.8. The molecule has 0 radical (unpaired) electrons. The van der Waals surface area contributed by atoms with Crippen LogP contribution in [0.25, 0.3) is 0 Å². The number of unbranched alkanes of at least 4 members (excludes halogenated alkanes) is 1. The minimum absolute atomic E-state index is 0.0233. The molecule has 4 N–H and O–H groups in total. The average molecular weight is 598 g/mol. The van der Waals surface area contributed by atoms with Crippen molar-refractivity contribution in [2.24, 2.45) is 5.92 Å². The second-order valence-corrected chi connectivity index (χ2v) is 11.7. The van der Waals surface area contributed by atoms with Gasteiger partial charge in [0.05, 0.1) is 18.8 Å². The SMILES string of the molecule is CCCCC(NC(=O)C1CCCN1C(=O)CNC(=O)C(NC(=O)c1cnccn1)C1CCCCC1)C(=O)C(=O)NC1CC1. The number of carbonyl (C=O) groups excluding carboxylic acids is 6. The van der Waals surface area contributed by atoms with Crippen molar-refractivity contribution in [1.29, 1.82) is 0 Å². The number of hydrogen-bond donors (Lipinski definition) is 4. The molecular weight excluding hydrogens is 554 g/mol. The van der Waals surface area contributed by atoms with Crippen molar-refractivity contribution in [3.05, 3.63) is 24.3 Å². The first-order valence-electron chi connectivity index (χ1n) is 15.6. The molecule has 0 aromatic carbocycles. The van der Waals surface area contributed by atoms with E-state index in [4.69, 9.17) is 0 Å². The maximum atomic E-state index is 13.3. The van der Waals surface area contributed by atoms with E-state index in [2.05, 4.69) is 31.2 Å². The van der Waals surface area contributed by atoms with Gasteiger partial charge in [-0.2, -0.15) is 0 Å². The fourth-order valence-electron chi connectivity index (χ4n) is 5.80. The van der Waals surface area contributed by atoms with E-state index >= 15 is 0 Å². The number of hydrogen-bond acceptors (Lipinski definition) is 8. The lowest BCUT2D eigenvalue weighted by atomic mass is 9.83. The lowest BCUT2D eigenvalue weighted by Gasteiger charge is -2.30. The monoisotopic (exact) mass is 597 g/mol. The minimum Gasteiger partial charge on any atom is -0.347 e. The summed E-state index contributed by atoms with van der Waals surface area (Å²) in [7, 11) is 0. The van der Waals surface area contributed by atoms with Crippen molar-refractivity contribution >= 4 is 35.3 Å². The molecule has 3 aliphatic rings. The van der Waals surface area contributed by atoms with Crippen molar-refractivity contribution in [3.63, 3.8) is 0 Å². The van der Waals surface area contributed by atoms with Gasteiger partial charge >= 0.3 is 0 Å². The number of Topliss-reactive ketones (excluding diaryl/α,β-unsaturated/α-hetero) is 1. The van der Waals surface area contributed by atoms with Gasteiger partial charge in [-0.15, -0.1) is 0 Å². The summed E-state index contributed by atoms with van der Waals surface area (Å²) in [4.78, 5) is 87.2. The molecular formula is C30H43N7O6. The largest absolute Gasteiger partial charge is 0.347 e. The Kier molecular flexibility index (Phi) is 11.6. The Balaban J connectivity index is 1.35. The number of amides is 5. The molecule has 1 saturated heterocycles. The molecule has 1 aromatic heterocycles. The van der Waals surface area contributed by atoms with Gasteiger partial charge in [0.1, 0.15) is 17.8 Å². The molecule has 43 heavy (non-hydrogen) atoms. The molecule has 3 fully saturated rings. The zero-order valence-electron chi connectivity index (χ0n) is 24.8. The van der Waals surface area contributed by atoms with Crippen molar-refractivity contribution in [2.45, 2.75) is 108 Å². The lowest BCUT2D eigenvalue weighted by molar-refractivity contribution is -0.142. The number of nitrogens with one attached hydrogen (secondary N) is 4. The van der Waals surface area contributed by atoms with Gasteiger partial charge in [0.25, 0.3) is 11.8 Å². The van der Waals surface area contributed by atoms with Crippen molar-refractivity contribution < 1.29 is 28.8 Å². The zero-order valence-corrected chi connectivity index (χ0v) is 24.8. The van der Waals surface area contributed by atoms with E-state index in [-0.39, 0.29) is 24.2 Å². The summed E-state index contributed by atoms with van der Waals surface area (Å²) in [6, 6.07) is -2.58. The second kappa shape index (κ2) is 15.5. The first-order valence-corrected chi connectivity index (χ1v) is 15.6. The highest BCUT2D eigenvalue weighted by Gasteiger charge is 2.38. The topological polar surface area (TPSA) is 180 Å². The summed E-state index contributed by atoms with van der Waals surface area (Å²) in [5.41, 5.74) is 0.0962. The van der Waals surface area contributed by atoms with Crippen LogP contribution in [-0.4, -0.2) is 87.4 Å². The third-order valence-electron chi connectivity index (χ3n) is 8.39. The smallest absolute Gasteiger partial charge is 0.289 e. The average Bonchev–Trinajstić information content (AvgIpc) is 3.70. The Morgan fingerprint density at radius 3 is 2.40 bits per heavy atom. The summed E-state index contributed by atoms with van der Waals surface area (Å²) >= 11 is 0. The maximum absolute atomic E-state index is 13.3. The number of ketones is 1. The number of rotatable bonds is 14. The van der Waals surface area contributed by atoms with Crippen molar-refractivity contribution in [1.82, 2.24) is 36.1 Å². The van der Waals surface area contributed by atoms with Gasteiger partial charge in [0.15, 0.2) is 0 Å². The summed E-state index contributed by atoms with van der Waals surface area (Å²) in [6.07, 6.45) is 13.2. The summed E-state index contributed by atoms with van der Waals surface area (Å²) < 4.78 is 0. The standard InChI is InChI=1S/C30H43N7O6/c1-2-3-10-21(26(39)30(43)34-20-12-13-20)35-28(41)23-11-7-16-37(23)24(38)18-33-29(42)25(19-8-5-4-6-9-19)36-27(40)22-17-31-14-15-32-22/h14-15,17,19-21,23,25H,2-13,16,18H2,1H3,(H,33,42)(H,34,43)(H,35,41)(H,36,40). The summed E-state index contributed by atoms with van der Waals surface area (Å²) in [6.45, 7) is 1.95. The van der Waals surface area contributed by atoms with Crippen LogP contribution in [0.15, 0.2) is 18.6 Å². The molecule has 0 bridgehead atoms. The minimum atomic E-state index is -0.961. The quantitative estimate of drug-likeness (QED) is 0.227. The number of likely N-dealkylation sites (tertiary alicyclic amines) is 1. The highest BCUT2D eigenvalue weighted by Crippen LogP contribution is 2.27. The summed E-state index contributed by atoms with van der Waals surface area (Å²) in [5, 5.41) is 10.9. The first kappa shape index (κ1) is 32.0. The molecule has 5 amide bonds. The van der Waals surface area contributed by atoms with Gasteiger partial charge < -0.3 is 26.2 Å². The zero-order chi connectivity index (χ0) is 30.8. The van der Waals surface area contributed by atoms with E-state index in [1.165, 1.54) is 23.5 Å². The van der Waals surface area contributed by atoms with E-state index < -0.39 is 53.4 Å². The molecule has 3 unspecified atom stereocenters. The van der Waals surface area contributed by atoms with Gasteiger partial charge in [0, 0.05) is 25.0 Å². The van der Waals surface area contributed by atoms with Crippen LogP contribution in [0.5, 0.6) is 0 Å². The predicted octanol–water partition coefficient (Wildman–Crippen LogP) is 0.785. The number of aromatic nitrogens is 2. The van der Waals surface area contributed by atoms with Crippen LogP contribution >= 0.6 is 0 Å². The lowest BCUT2D eigenvalue weighted by Crippen LogP contribution is -2.56. The Morgan fingerprint density at radius 1 is 0.953 bits per heavy atom. The normalized spacial score (nSPS) is 20.0. The van der Waals surface area contributed by atoms with Gasteiger partial charge in [0.2, 0.25) is 23.5 Å². The van der Waals surface area contributed by atoms with Crippen LogP contribution in [-0.2, 0) is 24.0 Å². The number of carbonyl (C=O) groups is 6.